The second kappa shape index (κ2) is 6.91. The standard InChI is InChI=1S/C16H20N2O2/c1-3-20-15(13-8-5-4-6-9-13)12-17-16(19)14-10-7-11-18(14)2/h4-11,15H,3,12H2,1-2H3,(H,17,19)/t15-/m1/s1. The van der Waals surface area contributed by atoms with Crippen LogP contribution >= 0.6 is 0 Å². The summed E-state index contributed by atoms with van der Waals surface area (Å²) in [5.41, 5.74) is 1.72. The quantitative estimate of drug-likeness (QED) is 0.878. The highest BCUT2D eigenvalue weighted by Crippen LogP contribution is 2.16. The molecule has 0 saturated heterocycles. The number of aromatic nitrogens is 1. The highest BCUT2D eigenvalue weighted by molar-refractivity contribution is 5.92. The molecule has 1 N–H and O–H groups in total. The van der Waals surface area contributed by atoms with Crippen molar-refractivity contribution in [1.82, 2.24) is 9.88 Å². The van der Waals surface area contributed by atoms with Gasteiger partial charge in [-0.1, -0.05) is 30.3 Å². The predicted octanol–water partition coefficient (Wildman–Crippen LogP) is 2.53. The number of rotatable bonds is 6. The van der Waals surface area contributed by atoms with E-state index in [1.165, 1.54) is 0 Å². The number of carbonyl (C=O) groups excluding carboxylic acids is 1. The molecule has 1 aromatic carbocycles. The molecule has 106 valence electrons. The maximum atomic E-state index is 12.1. The molecule has 0 aliphatic heterocycles. The van der Waals surface area contributed by atoms with Gasteiger partial charge in [0.25, 0.3) is 5.91 Å². The molecule has 2 aromatic rings. The van der Waals surface area contributed by atoms with Gasteiger partial charge >= 0.3 is 0 Å². The zero-order chi connectivity index (χ0) is 14.4. The monoisotopic (exact) mass is 272 g/mol. The molecule has 1 heterocycles. The highest BCUT2D eigenvalue weighted by Gasteiger charge is 2.14. The Labute approximate surface area is 119 Å². The molecule has 0 fully saturated rings. The average Bonchev–Trinajstić information content (AvgIpc) is 2.90. The van der Waals surface area contributed by atoms with Gasteiger partial charge in [0.2, 0.25) is 0 Å². The smallest absolute Gasteiger partial charge is 0.267 e. The van der Waals surface area contributed by atoms with Gasteiger partial charge < -0.3 is 14.6 Å². The van der Waals surface area contributed by atoms with E-state index in [4.69, 9.17) is 4.74 Å². The maximum Gasteiger partial charge on any atom is 0.267 e. The first-order chi connectivity index (χ1) is 9.72. The van der Waals surface area contributed by atoms with Crippen molar-refractivity contribution in [2.24, 2.45) is 7.05 Å². The van der Waals surface area contributed by atoms with Crippen LogP contribution in [0.4, 0.5) is 0 Å². The summed E-state index contributed by atoms with van der Waals surface area (Å²) in [5, 5.41) is 2.92. The third-order valence-corrected chi connectivity index (χ3v) is 3.16. The van der Waals surface area contributed by atoms with Gasteiger partial charge in [-0.2, -0.15) is 0 Å². The zero-order valence-electron chi connectivity index (χ0n) is 11.9. The van der Waals surface area contributed by atoms with Gasteiger partial charge in [-0.3, -0.25) is 4.79 Å². The molecule has 0 radical (unpaired) electrons. The van der Waals surface area contributed by atoms with E-state index in [0.29, 0.717) is 18.8 Å². The fraction of sp³-hybridized carbons (Fsp3) is 0.312. The molecule has 0 spiro atoms. The fourth-order valence-electron chi connectivity index (χ4n) is 2.11. The molecule has 4 heteroatoms. The van der Waals surface area contributed by atoms with Crippen molar-refractivity contribution >= 4 is 5.91 Å². The number of hydrogen-bond donors (Lipinski definition) is 1. The number of nitrogens with one attached hydrogen (secondary N) is 1. The predicted molar refractivity (Wildman–Crippen MR) is 78.6 cm³/mol. The van der Waals surface area contributed by atoms with E-state index in [1.807, 2.05) is 56.6 Å². The van der Waals surface area contributed by atoms with E-state index in [0.717, 1.165) is 5.56 Å². The molecule has 1 amide bonds. The number of nitrogens with zero attached hydrogens (tertiary/aromatic N) is 1. The minimum atomic E-state index is -0.120. The number of benzene rings is 1. The summed E-state index contributed by atoms with van der Waals surface area (Å²) in [6.45, 7) is 3.02. The zero-order valence-corrected chi connectivity index (χ0v) is 11.9. The first kappa shape index (κ1) is 14.3. The van der Waals surface area contributed by atoms with Crippen LogP contribution in [0, 0.1) is 0 Å². The van der Waals surface area contributed by atoms with Crippen LogP contribution in [0.2, 0.25) is 0 Å². The highest BCUT2D eigenvalue weighted by atomic mass is 16.5. The van der Waals surface area contributed by atoms with Gasteiger partial charge in [0.1, 0.15) is 5.69 Å². The molecule has 1 atom stereocenters. The van der Waals surface area contributed by atoms with Gasteiger partial charge in [0.15, 0.2) is 0 Å². The summed E-state index contributed by atoms with van der Waals surface area (Å²) in [6.07, 6.45) is 1.73. The molecule has 20 heavy (non-hydrogen) atoms. The van der Waals surface area contributed by atoms with E-state index in [-0.39, 0.29) is 12.0 Å². The lowest BCUT2D eigenvalue weighted by Crippen LogP contribution is -2.30. The Morgan fingerprint density at radius 3 is 2.60 bits per heavy atom. The van der Waals surface area contributed by atoms with E-state index < -0.39 is 0 Å². The largest absolute Gasteiger partial charge is 0.372 e. The second-order valence-electron chi connectivity index (χ2n) is 4.57. The Morgan fingerprint density at radius 1 is 1.25 bits per heavy atom. The van der Waals surface area contributed by atoms with Crippen LogP contribution in [0.15, 0.2) is 48.7 Å². The van der Waals surface area contributed by atoms with Gasteiger partial charge in [0.05, 0.1) is 6.10 Å². The molecular formula is C16H20N2O2. The summed E-state index contributed by atoms with van der Waals surface area (Å²) in [7, 11) is 1.85. The summed E-state index contributed by atoms with van der Waals surface area (Å²) in [6, 6.07) is 13.6. The minimum absolute atomic E-state index is 0.0851. The maximum absolute atomic E-state index is 12.1. The average molecular weight is 272 g/mol. The molecule has 0 saturated carbocycles. The van der Waals surface area contributed by atoms with Crippen molar-refractivity contribution in [3.05, 3.63) is 59.9 Å². The van der Waals surface area contributed by atoms with Crippen LogP contribution in [-0.2, 0) is 11.8 Å². The first-order valence-corrected chi connectivity index (χ1v) is 6.78. The lowest BCUT2D eigenvalue weighted by atomic mass is 10.1. The summed E-state index contributed by atoms with van der Waals surface area (Å²) >= 11 is 0. The van der Waals surface area contributed by atoms with Crippen LogP contribution in [0.25, 0.3) is 0 Å². The topological polar surface area (TPSA) is 43.3 Å². The van der Waals surface area contributed by atoms with Crippen LogP contribution in [0.3, 0.4) is 0 Å². The molecule has 0 bridgehead atoms. The first-order valence-electron chi connectivity index (χ1n) is 6.78. The lowest BCUT2D eigenvalue weighted by Gasteiger charge is -2.18. The van der Waals surface area contributed by atoms with Crippen molar-refractivity contribution in [3.63, 3.8) is 0 Å². The molecule has 0 unspecified atom stereocenters. The number of aryl methyl sites for hydroxylation is 1. The molecule has 2 rings (SSSR count). The van der Waals surface area contributed by atoms with Crippen molar-refractivity contribution < 1.29 is 9.53 Å². The number of hydrogen-bond acceptors (Lipinski definition) is 2. The van der Waals surface area contributed by atoms with Crippen molar-refractivity contribution in [1.29, 1.82) is 0 Å². The summed E-state index contributed by atoms with van der Waals surface area (Å²) in [4.78, 5) is 12.1. The fourth-order valence-corrected chi connectivity index (χ4v) is 2.11. The van der Waals surface area contributed by atoms with Crippen LogP contribution in [0.1, 0.15) is 29.1 Å². The third kappa shape index (κ3) is 3.48. The van der Waals surface area contributed by atoms with Gasteiger partial charge in [-0.15, -0.1) is 0 Å². The Balaban J connectivity index is 1.99. The summed E-state index contributed by atoms with van der Waals surface area (Å²) < 4.78 is 7.50. The molecular weight excluding hydrogens is 252 g/mol. The Morgan fingerprint density at radius 2 is 2.00 bits per heavy atom. The minimum Gasteiger partial charge on any atom is -0.372 e. The van der Waals surface area contributed by atoms with Crippen LogP contribution < -0.4 is 5.32 Å². The number of amides is 1. The van der Waals surface area contributed by atoms with Crippen molar-refractivity contribution in [3.8, 4) is 0 Å². The van der Waals surface area contributed by atoms with Gasteiger partial charge in [0, 0.05) is 26.4 Å². The van der Waals surface area contributed by atoms with Gasteiger partial charge in [-0.25, -0.2) is 0 Å². The van der Waals surface area contributed by atoms with E-state index >= 15 is 0 Å². The Hall–Kier alpha value is -2.07. The van der Waals surface area contributed by atoms with E-state index in [9.17, 15) is 4.79 Å². The Bertz CT molecular complexity index is 549. The Kier molecular flexibility index (Phi) is 4.96. The van der Waals surface area contributed by atoms with Gasteiger partial charge in [-0.05, 0) is 24.6 Å². The van der Waals surface area contributed by atoms with Crippen molar-refractivity contribution in [2.75, 3.05) is 13.2 Å². The molecule has 1 aromatic heterocycles. The number of carbonyl (C=O) groups is 1. The van der Waals surface area contributed by atoms with E-state index in [2.05, 4.69) is 5.32 Å². The lowest BCUT2D eigenvalue weighted by molar-refractivity contribution is 0.0584. The SMILES string of the molecule is CCO[C@H](CNC(=O)c1cccn1C)c1ccccc1. The normalized spacial score (nSPS) is 12.1. The number of ether oxygens (including phenoxy) is 1. The molecule has 4 nitrogen and oxygen atoms in total. The third-order valence-electron chi connectivity index (χ3n) is 3.16. The van der Waals surface area contributed by atoms with Crippen LogP contribution in [0.5, 0.6) is 0 Å². The van der Waals surface area contributed by atoms with Crippen molar-refractivity contribution in [2.45, 2.75) is 13.0 Å². The second-order valence-corrected chi connectivity index (χ2v) is 4.57. The van der Waals surface area contributed by atoms with Crippen LogP contribution in [-0.4, -0.2) is 23.6 Å². The molecule has 0 aliphatic rings. The summed E-state index contributed by atoms with van der Waals surface area (Å²) in [5.74, 6) is -0.0851. The van der Waals surface area contributed by atoms with E-state index in [1.54, 1.807) is 10.6 Å². The molecule has 0 aliphatic carbocycles.